The third-order valence-corrected chi connectivity index (χ3v) is 3.25. The minimum Gasteiger partial charge on any atom is -0.397 e. The van der Waals surface area contributed by atoms with Crippen molar-refractivity contribution >= 4 is 11.4 Å². The Morgan fingerprint density at radius 1 is 1.35 bits per heavy atom. The standard InChI is InChI=1S/C13H17N3O/c14-8-9-5-6-10(15)12(7-9)16-11-3-1-2-4-13(11)17/h5-7,11,13,16-17H,1-4,15H2. The summed E-state index contributed by atoms with van der Waals surface area (Å²) < 4.78 is 0. The maximum atomic E-state index is 9.88. The number of benzene rings is 1. The molecule has 1 fully saturated rings. The van der Waals surface area contributed by atoms with Crippen molar-refractivity contribution in [1.82, 2.24) is 0 Å². The Morgan fingerprint density at radius 2 is 2.12 bits per heavy atom. The maximum Gasteiger partial charge on any atom is 0.0992 e. The smallest absolute Gasteiger partial charge is 0.0992 e. The average molecular weight is 231 g/mol. The second-order valence-electron chi connectivity index (χ2n) is 4.52. The Balaban J connectivity index is 2.14. The normalized spacial score (nSPS) is 24.0. The lowest BCUT2D eigenvalue weighted by Gasteiger charge is -2.29. The van der Waals surface area contributed by atoms with E-state index in [-0.39, 0.29) is 12.1 Å². The molecule has 1 saturated carbocycles. The van der Waals surface area contributed by atoms with Gasteiger partial charge in [0.05, 0.1) is 35.2 Å². The minimum absolute atomic E-state index is 0.0417. The topological polar surface area (TPSA) is 82.1 Å². The molecule has 1 aromatic rings. The number of nitrogens with two attached hydrogens (primary N) is 1. The van der Waals surface area contributed by atoms with Crippen LogP contribution in [0.2, 0.25) is 0 Å². The van der Waals surface area contributed by atoms with E-state index in [0.717, 1.165) is 31.4 Å². The van der Waals surface area contributed by atoms with Gasteiger partial charge in [-0.25, -0.2) is 0 Å². The number of nitriles is 1. The third kappa shape index (κ3) is 2.69. The van der Waals surface area contributed by atoms with Gasteiger partial charge in [0, 0.05) is 0 Å². The predicted molar refractivity (Wildman–Crippen MR) is 67.5 cm³/mol. The lowest BCUT2D eigenvalue weighted by Crippen LogP contribution is -2.36. The summed E-state index contributed by atoms with van der Waals surface area (Å²) in [6, 6.07) is 7.27. The number of rotatable bonds is 2. The van der Waals surface area contributed by atoms with Gasteiger partial charge >= 0.3 is 0 Å². The summed E-state index contributed by atoms with van der Waals surface area (Å²) in [5.41, 5.74) is 7.79. The molecule has 0 amide bonds. The molecular formula is C13H17N3O. The Hall–Kier alpha value is -1.73. The van der Waals surface area contributed by atoms with Gasteiger partial charge in [-0.2, -0.15) is 5.26 Å². The van der Waals surface area contributed by atoms with Crippen molar-refractivity contribution in [3.8, 4) is 6.07 Å². The molecule has 2 atom stereocenters. The zero-order valence-electron chi connectivity index (χ0n) is 9.69. The highest BCUT2D eigenvalue weighted by Gasteiger charge is 2.23. The highest BCUT2D eigenvalue weighted by atomic mass is 16.3. The molecule has 1 aromatic carbocycles. The van der Waals surface area contributed by atoms with Crippen LogP contribution >= 0.6 is 0 Å². The molecule has 90 valence electrons. The van der Waals surface area contributed by atoms with Crippen molar-refractivity contribution in [2.75, 3.05) is 11.1 Å². The van der Waals surface area contributed by atoms with Crippen molar-refractivity contribution in [2.45, 2.75) is 37.8 Å². The molecule has 1 aliphatic rings. The van der Waals surface area contributed by atoms with E-state index in [1.165, 1.54) is 0 Å². The Morgan fingerprint density at radius 3 is 2.82 bits per heavy atom. The number of nitrogen functional groups attached to an aromatic ring is 1. The van der Waals surface area contributed by atoms with E-state index in [9.17, 15) is 5.11 Å². The molecule has 4 N–H and O–H groups in total. The number of aliphatic hydroxyl groups excluding tert-OH is 1. The number of hydrogen-bond acceptors (Lipinski definition) is 4. The Labute approximate surface area is 101 Å². The monoisotopic (exact) mass is 231 g/mol. The fourth-order valence-corrected chi connectivity index (χ4v) is 2.23. The van der Waals surface area contributed by atoms with Crippen LogP contribution in [0.3, 0.4) is 0 Å². The SMILES string of the molecule is N#Cc1ccc(N)c(NC2CCCCC2O)c1. The van der Waals surface area contributed by atoms with Crippen molar-refractivity contribution in [3.63, 3.8) is 0 Å². The van der Waals surface area contributed by atoms with Crippen LogP contribution < -0.4 is 11.1 Å². The number of nitrogens with one attached hydrogen (secondary N) is 1. The molecular weight excluding hydrogens is 214 g/mol. The van der Waals surface area contributed by atoms with E-state index in [1.54, 1.807) is 18.2 Å². The third-order valence-electron chi connectivity index (χ3n) is 3.25. The Bertz CT molecular complexity index is 439. The second-order valence-corrected chi connectivity index (χ2v) is 4.52. The van der Waals surface area contributed by atoms with Crippen molar-refractivity contribution < 1.29 is 5.11 Å². The molecule has 1 aliphatic carbocycles. The predicted octanol–water partition coefficient (Wildman–Crippen LogP) is 1.86. The van der Waals surface area contributed by atoms with Crippen molar-refractivity contribution in [1.29, 1.82) is 5.26 Å². The molecule has 2 rings (SSSR count). The number of hydrogen-bond donors (Lipinski definition) is 3. The van der Waals surface area contributed by atoms with E-state index in [2.05, 4.69) is 11.4 Å². The summed E-state index contributed by atoms with van der Waals surface area (Å²) in [5, 5.41) is 22.0. The largest absolute Gasteiger partial charge is 0.397 e. The van der Waals surface area contributed by atoms with Gasteiger partial charge in [0.15, 0.2) is 0 Å². The summed E-state index contributed by atoms with van der Waals surface area (Å²) in [6.07, 6.45) is 3.64. The quantitative estimate of drug-likeness (QED) is 0.678. The fraction of sp³-hybridized carbons (Fsp3) is 0.462. The van der Waals surface area contributed by atoms with Crippen molar-refractivity contribution in [2.24, 2.45) is 0 Å². The van der Waals surface area contributed by atoms with Crippen LogP contribution in [0, 0.1) is 11.3 Å². The molecule has 0 spiro atoms. The molecule has 17 heavy (non-hydrogen) atoms. The van der Waals surface area contributed by atoms with Gasteiger partial charge in [0.1, 0.15) is 0 Å². The zero-order valence-corrected chi connectivity index (χ0v) is 9.69. The first-order valence-corrected chi connectivity index (χ1v) is 5.95. The molecule has 0 aromatic heterocycles. The first kappa shape index (κ1) is 11.7. The molecule has 0 heterocycles. The zero-order chi connectivity index (χ0) is 12.3. The van der Waals surface area contributed by atoms with Gasteiger partial charge in [-0.3, -0.25) is 0 Å². The molecule has 0 aliphatic heterocycles. The van der Waals surface area contributed by atoms with Crippen LogP contribution in [-0.4, -0.2) is 17.3 Å². The van der Waals surface area contributed by atoms with Crippen LogP contribution in [0.25, 0.3) is 0 Å². The number of nitrogens with zero attached hydrogens (tertiary/aromatic N) is 1. The molecule has 0 saturated heterocycles. The van der Waals surface area contributed by atoms with Gasteiger partial charge in [0.2, 0.25) is 0 Å². The first-order valence-electron chi connectivity index (χ1n) is 5.95. The average Bonchev–Trinajstić information content (AvgIpc) is 2.35. The fourth-order valence-electron chi connectivity index (χ4n) is 2.23. The Kier molecular flexibility index (Phi) is 3.50. The van der Waals surface area contributed by atoms with E-state index < -0.39 is 0 Å². The van der Waals surface area contributed by atoms with E-state index in [0.29, 0.717) is 11.3 Å². The molecule has 0 radical (unpaired) electrons. The maximum absolute atomic E-state index is 9.88. The van der Waals surface area contributed by atoms with E-state index >= 15 is 0 Å². The van der Waals surface area contributed by atoms with Crippen LogP contribution in [-0.2, 0) is 0 Å². The van der Waals surface area contributed by atoms with Crippen molar-refractivity contribution in [3.05, 3.63) is 23.8 Å². The molecule has 0 bridgehead atoms. The summed E-state index contributed by atoms with van der Waals surface area (Å²) >= 11 is 0. The molecule has 2 unspecified atom stereocenters. The molecule has 4 nitrogen and oxygen atoms in total. The van der Waals surface area contributed by atoms with Crippen LogP contribution in [0.5, 0.6) is 0 Å². The second kappa shape index (κ2) is 5.07. The highest BCUT2D eigenvalue weighted by molar-refractivity contribution is 5.68. The number of aliphatic hydroxyl groups is 1. The van der Waals surface area contributed by atoms with E-state index in [4.69, 9.17) is 11.0 Å². The number of anilines is 2. The lowest BCUT2D eigenvalue weighted by molar-refractivity contribution is 0.116. The summed E-state index contributed by atoms with van der Waals surface area (Å²) in [6.45, 7) is 0. The van der Waals surface area contributed by atoms with Gasteiger partial charge in [-0.05, 0) is 31.0 Å². The van der Waals surface area contributed by atoms with E-state index in [1.807, 2.05) is 0 Å². The van der Waals surface area contributed by atoms with Crippen LogP contribution in [0.4, 0.5) is 11.4 Å². The van der Waals surface area contributed by atoms with Gasteiger partial charge in [0.25, 0.3) is 0 Å². The summed E-state index contributed by atoms with van der Waals surface area (Å²) in [4.78, 5) is 0. The minimum atomic E-state index is -0.325. The highest BCUT2D eigenvalue weighted by Crippen LogP contribution is 2.26. The first-order chi connectivity index (χ1) is 8.20. The summed E-state index contributed by atoms with van der Waals surface area (Å²) in [7, 11) is 0. The molecule has 4 heteroatoms. The van der Waals surface area contributed by atoms with Gasteiger partial charge < -0.3 is 16.2 Å². The lowest BCUT2D eigenvalue weighted by atomic mass is 9.92. The van der Waals surface area contributed by atoms with Gasteiger partial charge in [-0.15, -0.1) is 0 Å². The van der Waals surface area contributed by atoms with Gasteiger partial charge in [-0.1, -0.05) is 12.8 Å². The summed E-state index contributed by atoms with van der Waals surface area (Å²) in [5.74, 6) is 0. The van der Waals surface area contributed by atoms with Crippen LogP contribution in [0.1, 0.15) is 31.2 Å². The van der Waals surface area contributed by atoms with Crippen LogP contribution in [0.15, 0.2) is 18.2 Å².